The topological polar surface area (TPSA) is 75.8 Å². The Bertz CT molecular complexity index is 407. The Balaban J connectivity index is 2.88. The number of aromatic carboxylic acids is 1. The Labute approximate surface area is 107 Å². The molecule has 18 heavy (non-hydrogen) atoms. The van der Waals surface area contributed by atoms with Gasteiger partial charge < -0.3 is 15.6 Å². The lowest BCUT2D eigenvalue weighted by molar-refractivity contribution is 0.0695. The third-order valence-electron chi connectivity index (χ3n) is 2.85. The summed E-state index contributed by atoms with van der Waals surface area (Å²) in [7, 11) is 1.65. The average molecular weight is 252 g/mol. The van der Waals surface area contributed by atoms with Gasteiger partial charge in [-0.2, -0.15) is 0 Å². The lowest BCUT2D eigenvalue weighted by Crippen LogP contribution is -2.27. The van der Waals surface area contributed by atoms with E-state index in [1.165, 1.54) is 0 Å². The quantitative estimate of drug-likeness (QED) is 0.718. The van der Waals surface area contributed by atoms with E-state index in [1.54, 1.807) is 25.3 Å². The van der Waals surface area contributed by atoms with E-state index in [9.17, 15) is 9.90 Å². The molecule has 0 aliphatic rings. The fourth-order valence-electron chi connectivity index (χ4n) is 1.82. The monoisotopic (exact) mass is 252 g/mol. The molecule has 0 radical (unpaired) electrons. The summed E-state index contributed by atoms with van der Waals surface area (Å²) in [6.07, 6.45) is 0. The summed E-state index contributed by atoms with van der Waals surface area (Å²) < 4.78 is 5.03. The first-order valence-corrected chi connectivity index (χ1v) is 5.92. The molecule has 3 N–H and O–H groups in total. The van der Waals surface area contributed by atoms with Crippen molar-refractivity contribution in [3.63, 3.8) is 0 Å². The predicted molar refractivity (Wildman–Crippen MR) is 70.6 cm³/mol. The number of benzene rings is 1. The van der Waals surface area contributed by atoms with Crippen molar-refractivity contribution in [3.8, 4) is 0 Å². The van der Waals surface area contributed by atoms with Crippen LogP contribution in [0.3, 0.4) is 0 Å². The Morgan fingerprint density at radius 2 is 2.22 bits per heavy atom. The highest BCUT2D eigenvalue weighted by atomic mass is 16.5. The van der Waals surface area contributed by atoms with Crippen LogP contribution in [0.15, 0.2) is 18.2 Å². The number of methoxy groups -OCH3 is 1. The maximum Gasteiger partial charge on any atom is 0.338 e. The van der Waals surface area contributed by atoms with Crippen LogP contribution >= 0.6 is 0 Å². The highest BCUT2D eigenvalue weighted by molar-refractivity contribution is 5.95. The number of nitrogens with zero attached hydrogens (tertiary/aromatic N) is 1. The molecule has 0 spiro atoms. The van der Waals surface area contributed by atoms with Gasteiger partial charge in [0.15, 0.2) is 0 Å². The fraction of sp³-hybridized carbons (Fsp3) is 0.462. The highest BCUT2D eigenvalue weighted by Gasteiger charge is 2.15. The maximum atomic E-state index is 11.2. The highest BCUT2D eigenvalue weighted by Crippen LogP contribution is 2.18. The van der Waals surface area contributed by atoms with Gasteiger partial charge in [0, 0.05) is 25.9 Å². The molecule has 0 fully saturated rings. The second kappa shape index (κ2) is 6.98. The summed E-state index contributed by atoms with van der Waals surface area (Å²) >= 11 is 0. The number of nitrogens with two attached hydrogens (primary N) is 1. The van der Waals surface area contributed by atoms with E-state index in [4.69, 9.17) is 10.5 Å². The van der Waals surface area contributed by atoms with E-state index < -0.39 is 5.97 Å². The minimum atomic E-state index is -0.981. The first-order chi connectivity index (χ1) is 8.60. The van der Waals surface area contributed by atoms with Crippen molar-refractivity contribution in [2.24, 2.45) is 0 Å². The van der Waals surface area contributed by atoms with Gasteiger partial charge in [0.2, 0.25) is 0 Å². The number of anilines is 1. The van der Waals surface area contributed by atoms with Gasteiger partial charge in [0.25, 0.3) is 0 Å². The molecule has 1 rings (SSSR count). The van der Waals surface area contributed by atoms with Gasteiger partial charge in [-0.1, -0.05) is 19.1 Å². The van der Waals surface area contributed by atoms with Crippen molar-refractivity contribution in [2.45, 2.75) is 13.5 Å². The zero-order valence-corrected chi connectivity index (χ0v) is 10.8. The van der Waals surface area contributed by atoms with E-state index in [0.717, 1.165) is 18.7 Å². The van der Waals surface area contributed by atoms with E-state index in [2.05, 4.69) is 4.90 Å². The smallest absolute Gasteiger partial charge is 0.338 e. The van der Waals surface area contributed by atoms with Crippen LogP contribution in [0.2, 0.25) is 0 Å². The molecule has 1 aromatic carbocycles. The van der Waals surface area contributed by atoms with Crippen molar-refractivity contribution in [1.82, 2.24) is 4.90 Å². The molecule has 0 atom stereocenters. The molecule has 0 amide bonds. The maximum absolute atomic E-state index is 11.2. The zero-order valence-electron chi connectivity index (χ0n) is 10.8. The molecule has 1 aromatic rings. The second-order valence-corrected chi connectivity index (χ2v) is 4.05. The van der Waals surface area contributed by atoms with Crippen molar-refractivity contribution in [3.05, 3.63) is 29.3 Å². The average Bonchev–Trinajstić information content (AvgIpc) is 2.33. The number of carbonyl (C=O) groups is 1. The number of hydrogen-bond donors (Lipinski definition) is 2. The molecule has 0 saturated heterocycles. The van der Waals surface area contributed by atoms with Gasteiger partial charge in [-0.25, -0.2) is 4.79 Å². The molecule has 0 bridgehead atoms. The molecule has 5 nitrogen and oxygen atoms in total. The van der Waals surface area contributed by atoms with Crippen LogP contribution in [0.25, 0.3) is 0 Å². The van der Waals surface area contributed by atoms with E-state index >= 15 is 0 Å². The number of carboxylic acids is 1. The lowest BCUT2D eigenvalue weighted by atomic mass is 10.0. The van der Waals surface area contributed by atoms with Crippen molar-refractivity contribution < 1.29 is 14.6 Å². The second-order valence-electron chi connectivity index (χ2n) is 4.05. The molecule has 5 heteroatoms. The molecule has 0 aliphatic heterocycles. The molecule has 0 heterocycles. The van der Waals surface area contributed by atoms with Crippen LogP contribution in [0.1, 0.15) is 22.8 Å². The summed E-state index contributed by atoms with van der Waals surface area (Å²) in [4.78, 5) is 13.3. The van der Waals surface area contributed by atoms with Gasteiger partial charge >= 0.3 is 5.97 Å². The normalized spacial score (nSPS) is 10.8. The van der Waals surface area contributed by atoms with Crippen LogP contribution in [-0.2, 0) is 11.3 Å². The molecular weight excluding hydrogens is 232 g/mol. The third-order valence-corrected chi connectivity index (χ3v) is 2.85. The van der Waals surface area contributed by atoms with Gasteiger partial charge in [0.1, 0.15) is 0 Å². The fourth-order valence-corrected chi connectivity index (χ4v) is 1.82. The van der Waals surface area contributed by atoms with E-state index in [-0.39, 0.29) is 5.56 Å². The molecule has 100 valence electrons. The van der Waals surface area contributed by atoms with Gasteiger partial charge in [-0.05, 0) is 18.2 Å². The Morgan fingerprint density at radius 3 is 2.78 bits per heavy atom. The number of nitrogen functional groups attached to an aromatic ring is 1. The molecule has 0 unspecified atom stereocenters. The summed E-state index contributed by atoms with van der Waals surface area (Å²) in [6, 6.07) is 5.19. The standard InChI is InChI=1S/C13H20N2O3/c1-3-15(7-8-18-2)9-10-5-4-6-11(14)12(10)13(16)17/h4-6H,3,7-9,14H2,1-2H3,(H,16,17). The summed E-state index contributed by atoms with van der Waals surface area (Å²) in [5.74, 6) is -0.981. The van der Waals surface area contributed by atoms with Crippen LogP contribution in [0.4, 0.5) is 5.69 Å². The van der Waals surface area contributed by atoms with Gasteiger partial charge in [-0.3, -0.25) is 4.90 Å². The number of likely N-dealkylation sites (N-methyl/N-ethyl adjacent to an activating group) is 1. The SMILES string of the molecule is CCN(CCOC)Cc1cccc(N)c1C(=O)O. The molecule has 0 saturated carbocycles. The van der Waals surface area contributed by atoms with Crippen LogP contribution < -0.4 is 5.73 Å². The van der Waals surface area contributed by atoms with Crippen molar-refractivity contribution in [1.29, 1.82) is 0 Å². The zero-order chi connectivity index (χ0) is 13.5. The van der Waals surface area contributed by atoms with Crippen molar-refractivity contribution >= 4 is 11.7 Å². The van der Waals surface area contributed by atoms with Crippen molar-refractivity contribution in [2.75, 3.05) is 32.5 Å². The molecule has 0 aliphatic carbocycles. The number of ether oxygens (including phenoxy) is 1. The van der Waals surface area contributed by atoms with Crippen LogP contribution in [0, 0.1) is 0 Å². The predicted octanol–water partition coefficient (Wildman–Crippen LogP) is 1.44. The number of hydrogen-bond acceptors (Lipinski definition) is 4. The Hall–Kier alpha value is -1.59. The Kier molecular flexibility index (Phi) is 5.61. The van der Waals surface area contributed by atoms with Gasteiger partial charge in [0.05, 0.1) is 12.2 Å². The van der Waals surface area contributed by atoms with Crippen LogP contribution in [0.5, 0.6) is 0 Å². The Morgan fingerprint density at radius 1 is 1.50 bits per heavy atom. The molecular formula is C13H20N2O3. The summed E-state index contributed by atoms with van der Waals surface area (Å²) in [5.41, 5.74) is 6.96. The largest absolute Gasteiger partial charge is 0.478 e. The number of carboxylic acid groups (broad SMARTS) is 1. The number of rotatable bonds is 7. The minimum Gasteiger partial charge on any atom is -0.478 e. The first-order valence-electron chi connectivity index (χ1n) is 5.92. The minimum absolute atomic E-state index is 0.202. The summed E-state index contributed by atoms with van der Waals surface area (Å²) in [6.45, 7) is 4.81. The van der Waals surface area contributed by atoms with E-state index in [0.29, 0.717) is 18.8 Å². The summed E-state index contributed by atoms with van der Waals surface area (Å²) in [5, 5.41) is 9.18. The van der Waals surface area contributed by atoms with Crippen LogP contribution in [-0.4, -0.2) is 42.8 Å². The van der Waals surface area contributed by atoms with Gasteiger partial charge in [-0.15, -0.1) is 0 Å². The third kappa shape index (κ3) is 3.72. The first kappa shape index (κ1) is 14.5. The molecule has 0 aromatic heterocycles. The van der Waals surface area contributed by atoms with E-state index in [1.807, 2.05) is 6.92 Å². The lowest BCUT2D eigenvalue weighted by Gasteiger charge is -2.21.